The average molecular weight is 214 g/mol. The molecule has 0 bridgehead atoms. The topological polar surface area (TPSA) is 52.6 Å². The summed E-state index contributed by atoms with van der Waals surface area (Å²) in [6, 6.07) is 0.0489. The number of hydrogen-bond donors (Lipinski definition) is 2. The van der Waals surface area contributed by atoms with Crippen LogP contribution in [0.2, 0.25) is 0 Å². The number of likely N-dealkylation sites (tertiary alicyclic amines) is 1. The first-order valence-corrected chi connectivity index (χ1v) is 5.92. The van der Waals surface area contributed by atoms with Crippen LogP contribution in [-0.4, -0.2) is 48.2 Å². The minimum absolute atomic E-state index is 0.0489. The number of hydrogen-bond acceptors (Lipinski definition) is 3. The summed E-state index contributed by atoms with van der Waals surface area (Å²) in [7, 11) is 0. The summed E-state index contributed by atoms with van der Waals surface area (Å²) in [6.07, 6.45) is 3.79. The molecule has 0 aromatic heterocycles. The lowest BCUT2D eigenvalue weighted by atomic mass is 10.2. The van der Waals surface area contributed by atoms with Crippen molar-refractivity contribution in [2.75, 3.05) is 26.2 Å². The van der Waals surface area contributed by atoms with Crippen molar-refractivity contribution < 1.29 is 9.90 Å². The van der Waals surface area contributed by atoms with E-state index < -0.39 is 0 Å². The maximum absolute atomic E-state index is 11.8. The molecule has 1 amide bonds. The summed E-state index contributed by atoms with van der Waals surface area (Å²) in [5.74, 6) is 0.251. The number of amides is 1. The minimum atomic E-state index is 0.0489. The van der Waals surface area contributed by atoms with Crippen LogP contribution in [0.1, 0.15) is 32.6 Å². The Kier molecular flexibility index (Phi) is 5.65. The van der Waals surface area contributed by atoms with Crippen molar-refractivity contribution in [2.45, 2.75) is 38.6 Å². The van der Waals surface area contributed by atoms with Crippen LogP contribution in [0.3, 0.4) is 0 Å². The summed E-state index contributed by atoms with van der Waals surface area (Å²) >= 11 is 0. The Hall–Kier alpha value is -0.610. The molecule has 15 heavy (non-hydrogen) atoms. The quantitative estimate of drug-likeness (QED) is 0.602. The van der Waals surface area contributed by atoms with Gasteiger partial charge >= 0.3 is 0 Å². The second kappa shape index (κ2) is 6.80. The van der Waals surface area contributed by atoms with Gasteiger partial charge in [0.1, 0.15) is 0 Å². The zero-order chi connectivity index (χ0) is 11.1. The molecule has 0 radical (unpaired) electrons. The van der Waals surface area contributed by atoms with Crippen molar-refractivity contribution in [1.29, 1.82) is 0 Å². The summed E-state index contributed by atoms with van der Waals surface area (Å²) in [5, 5.41) is 11.8. The van der Waals surface area contributed by atoms with Gasteiger partial charge in [-0.3, -0.25) is 4.79 Å². The van der Waals surface area contributed by atoms with Crippen molar-refractivity contribution in [3.8, 4) is 0 Å². The number of aliphatic hydroxyl groups excluding tert-OH is 1. The van der Waals surface area contributed by atoms with Gasteiger partial charge in [0, 0.05) is 19.7 Å². The van der Waals surface area contributed by atoms with Gasteiger partial charge in [-0.1, -0.05) is 6.92 Å². The fraction of sp³-hybridized carbons (Fsp3) is 0.909. The summed E-state index contributed by atoms with van der Waals surface area (Å²) < 4.78 is 0. The molecule has 1 atom stereocenters. The fourth-order valence-electron chi connectivity index (χ4n) is 1.99. The molecule has 1 fully saturated rings. The molecule has 0 aliphatic carbocycles. The van der Waals surface area contributed by atoms with Gasteiger partial charge in [-0.25, -0.2) is 0 Å². The first-order chi connectivity index (χ1) is 7.29. The molecule has 4 nitrogen and oxygen atoms in total. The maximum Gasteiger partial charge on any atom is 0.239 e. The van der Waals surface area contributed by atoms with Gasteiger partial charge in [0.15, 0.2) is 0 Å². The van der Waals surface area contributed by atoms with Crippen molar-refractivity contribution in [3.63, 3.8) is 0 Å². The third-order valence-electron chi connectivity index (χ3n) is 2.83. The van der Waals surface area contributed by atoms with E-state index in [1.54, 1.807) is 0 Å². The van der Waals surface area contributed by atoms with E-state index in [2.05, 4.69) is 5.32 Å². The van der Waals surface area contributed by atoms with Crippen LogP contribution in [0.15, 0.2) is 0 Å². The number of rotatable bonds is 7. The molecule has 88 valence electrons. The van der Waals surface area contributed by atoms with Crippen molar-refractivity contribution in [3.05, 3.63) is 0 Å². The largest absolute Gasteiger partial charge is 0.396 e. The number of carbonyl (C=O) groups is 1. The second-order valence-electron chi connectivity index (χ2n) is 4.01. The molecular formula is C11H22N2O2. The minimum Gasteiger partial charge on any atom is -0.396 e. The van der Waals surface area contributed by atoms with Gasteiger partial charge in [-0.05, 0) is 32.2 Å². The van der Waals surface area contributed by atoms with E-state index in [1.165, 1.54) is 0 Å². The zero-order valence-electron chi connectivity index (χ0n) is 9.54. The molecule has 1 rings (SSSR count). The molecule has 1 heterocycles. The second-order valence-corrected chi connectivity index (χ2v) is 4.01. The van der Waals surface area contributed by atoms with E-state index in [0.29, 0.717) is 0 Å². The van der Waals surface area contributed by atoms with Gasteiger partial charge in [-0.2, -0.15) is 0 Å². The van der Waals surface area contributed by atoms with E-state index in [4.69, 9.17) is 5.11 Å². The van der Waals surface area contributed by atoms with Crippen LogP contribution < -0.4 is 5.32 Å². The Morgan fingerprint density at radius 3 is 2.93 bits per heavy atom. The standard InChI is InChI=1S/C11H22N2O2/c1-2-12-10-6-8-13(11(10)15)7-4-3-5-9-14/h10,12,14H,2-9H2,1H3. The van der Waals surface area contributed by atoms with Crippen LogP contribution in [0.4, 0.5) is 0 Å². The van der Waals surface area contributed by atoms with Crippen LogP contribution >= 0.6 is 0 Å². The number of carbonyl (C=O) groups excluding carboxylic acids is 1. The Balaban J connectivity index is 2.18. The van der Waals surface area contributed by atoms with Crippen molar-refractivity contribution in [2.24, 2.45) is 0 Å². The highest BCUT2D eigenvalue weighted by atomic mass is 16.2. The molecule has 2 N–H and O–H groups in total. The maximum atomic E-state index is 11.8. The van der Waals surface area contributed by atoms with Gasteiger partial charge in [0.25, 0.3) is 0 Å². The number of nitrogens with zero attached hydrogens (tertiary/aromatic N) is 1. The Morgan fingerprint density at radius 2 is 2.27 bits per heavy atom. The van der Waals surface area contributed by atoms with E-state index >= 15 is 0 Å². The molecular weight excluding hydrogens is 192 g/mol. The Bertz CT molecular complexity index is 197. The third kappa shape index (κ3) is 3.80. The van der Waals surface area contributed by atoms with Crippen molar-refractivity contribution in [1.82, 2.24) is 10.2 Å². The van der Waals surface area contributed by atoms with Gasteiger partial charge in [-0.15, -0.1) is 0 Å². The molecule has 1 unspecified atom stereocenters. The van der Waals surface area contributed by atoms with E-state index in [0.717, 1.165) is 45.3 Å². The van der Waals surface area contributed by atoms with E-state index in [1.807, 2.05) is 11.8 Å². The lowest BCUT2D eigenvalue weighted by Gasteiger charge is -2.16. The lowest BCUT2D eigenvalue weighted by Crippen LogP contribution is -2.38. The van der Waals surface area contributed by atoms with Gasteiger partial charge in [0.05, 0.1) is 6.04 Å². The number of likely N-dealkylation sites (N-methyl/N-ethyl adjacent to an activating group) is 1. The van der Waals surface area contributed by atoms with Crippen LogP contribution in [0.5, 0.6) is 0 Å². The summed E-state index contributed by atoms with van der Waals surface area (Å²) in [5.41, 5.74) is 0. The molecule has 1 aliphatic heterocycles. The predicted molar refractivity (Wildman–Crippen MR) is 59.6 cm³/mol. The van der Waals surface area contributed by atoms with E-state index in [9.17, 15) is 4.79 Å². The zero-order valence-corrected chi connectivity index (χ0v) is 9.54. The predicted octanol–water partition coefficient (Wildman–Crippen LogP) is 0.359. The highest BCUT2D eigenvalue weighted by molar-refractivity contribution is 5.83. The molecule has 0 saturated carbocycles. The monoisotopic (exact) mass is 214 g/mol. The normalized spacial score (nSPS) is 21.3. The average Bonchev–Trinajstić information content (AvgIpc) is 2.57. The lowest BCUT2D eigenvalue weighted by molar-refractivity contribution is -0.129. The Labute approximate surface area is 91.6 Å². The first-order valence-electron chi connectivity index (χ1n) is 5.92. The van der Waals surface area contributed by atoms with Crippen molar-refractivity contribution >= 4 is 5.91 Å². The highest BCUT2D eigenvalue weighted by Gasteiger charge is 2.29. The molecule has 4 heteroatoms. The van der Waals surface area contributed by atoms with Crippen LogP contribution in [0.25, 0.3) is 0 Å². The van der Waals surface area contributed by atoms with Gasteiger partial charge < -0.3 is 15.3 Å². The van der Waals surface area contributed by atoms with Crippen LogP contribution in [-0.2, 0) is 4.79 Å². The molecule has 0 aromatic rings. The molecule has 1 aliphatic rings. The summed E-state index contributed by atoms with van der Waals surface area (Å²) in [4.78, 5) is 13.7. The first kappa shape index (κ1) is 12.5. The highest BCUT2D eigenvalue weighted by Crippen LogP contribution is 2.12. The third-order valence-corrected chi connectivity index (χ3v) is 2.83. The number of nitrogens with one attached hydrogen (secondary N) is 1. The smallest absolute Gasteiger partial charge is 0.239 e. The number of aliphatic hydroxyl groups is 1. The SMILES string of the molecule is CCNC1CCN(CCCCCO)C1=O. The summed E-state index contributed by atoms with van der Waals surface area (Å²) in [6.45, 7) is 4.87. The fourth-order valence-corrected chi connectivity index (χ4v) is 1.99. The molecule has 0 aromatic carbocycles. The van der Waals surface area contributed by atoms with E-state index in [-0.39, 0.29) is 18.6 Å². The van der Waals surface area contributed by atoms with Crippen LogP contribution in [0, 0.1) is 0 Å². The Morgan fingerprint density at radius 1 is 1.47 bits per heavy atom. The van der Waals surface area contributed by atoms with Gasteiger partial charge in [0.2, 0.25) is 5.91 Å². The number of unbranched alkanes of at least 4 members (excludes halogenated alkanes) is 2. The molecule has 1 saturated heterocycles. The molecule has 0 spiro atoms.